The summed E-state index contributed by atoms with van der Waals surface area (Å²) in [6, 6.07) is 10.9. The molecule has 1 unspecified atom stereocenters. The van der Waals surface area contributed by atoms with Crippen LogP contribution in [0.2, 0.25) is 0 Å². The van der Waals surface area contributed by atoms with Gasteiger partial charge in [-0.15, -0.1) is 0 Å². The van der Waals surface area contributed by atoms with Crippen LogP contribution in [0.1, 0.15) is 36.8 Å². The molecule has 23 heavy (non-hydrogen) atoms. The van der Waals surface area contributed by atoms with E-state index in [1.807, 2.05) is 6.92 Å². The Hall–Kier alpha value is -2.01. The van der Waals surface area contributed by atoms with Gasteiger partial charge < -0.3 is 14.7 Å². The molecule has 0 saturated heterocycles. The van der Waals surface area contributed by atoms with Gasteiger partial charge in [-0.05, 0) is 30.2 Å². The number of hydrogen-bond acceptors (Lipinski definition) is 4. The molecule has 0 aliphatic carbocycles. The standard InChI is InChI=1S/C16H19O6P/c1-2-3-14(11-4-6-12(17)7-5-11)15-9-8-13(18)10-16(15)22-23(19,20)21/h4-10,14,17-18H,2-3H2,1H3,(H2,19,20,21). The monoisotopic (exact) mass is 338 g/mol. The van der Waals surface area contributed by atoms with Crippen molar-refractivity contribution in [2.45, 2.75) is 25.7 Å². The predicted octanol–water partition coefficient (Wildman–Crippen LogP) is 3.50. The second-order valence-corrected chi connectivity index (χ2v) is 6.40. The summed E-state index contributed by atoms with van der Waals surface area (Å²) in [4.78, 5) is 18.2. The maximum absolute atomic E-state index is 11.2. The molecule has 6 nitrogen and oxygen atoms in total. The first-order valence-electron chi connectivity index (χ1n) is 7.17. The fourth-order valence-corrected chi connectivity index (χ4v) is 2.93. The van der Waals surface area contributed by atoms with Crippen LogP contribution in [0, 0.1) is 0 Å². The fourth-order valence-electron chi connectivity index (χ4n) is 2.52. The van der Waals surface area contributed by atoms with Crippen molar-refractivity contribution >= 4 is 7.82 Å². The lowest BCUT2D eigenvalue weighted by molar-refractivity contribution is 0.281. The number of phosphoric acid groups is 1. The minimum Gasteiger partial charge on any atom is -0.508 e. The fraction of sp³-hybridized carbons (Fsp3) is 0.250. The summed E-state index contributed by atoms with van der Waals surface area (Å²) < 4.78 is 15.9. The first kappa shape index (κ1) is 17.3. The van der Waals surface area contributed by atoms with E-state index >= 15 is 0 Å². The first-order valence-corrected chi connectivity index (χ1v) is 8.70. The van der Waals surface area contributed by atoms with Crippen molar-refractivity contribution in [1.82, 2.24) is 0 Å². The lowest BCUT2D eigenvalue weighted by Gasteiger charge is -2.21. The van der Waals surface area contributed by atoms with Crippen LogP contribution < -0.4 is 4.52 Å². The normalized spacial score (nSPS) is 12.8. The first-order chi connectivity index (χ1) is 10.8. The summed E-state index contributed by atoms with van der Waals surface area (Å²) in [5, 5.41) is 19.0. The zero-order valence-electron chi connectivity index (χ0n) is 12.6. The van der Waals surface area contributed by atoms with Crippen LogP contribution in [0.25, 0.3) is 0 Å². The summed E-state index contributed by atoms with van der Waals surface area (Å²) >= 11 is 0. The van der Waals surface area contributed by atoms with Gasteiger partial charge in [-0.25, -0.2) is 4.57 Å². The second kappa shape index (κ2) is 7.04. The largest absolute Gasteiger partial charge is 0.524 e. The Morgan fingerprint density at radius 2 is 1.65 bits per heavy atom. The van der Waals surface area contributed by atoms with E-state index in [-0.39, 0.29) is 23.2 Å². The van der Waals surface area contributed by atoms with E-state index in [1.165, 1.54) is 12.1 Å². The summed E-state index contributed by atoms with van der Waals surface area (Å²) in [6.45, 7) is 2.00. The molecule has 7 heteroatoms. The molecular formula is C16H19O6P. The van der Waals surface area contributed by atoms with E-state index < -0.39 is 7.82 Å². The Labute approximate surface area is 134 Å². The van der Waals surface area contributed by atoms with E-state index in [4.69, 9.17) is 14.3 Å². The van der Waals surface area contributed by atoms with Crippen LogP contribution in [0.4, 0.5) is 0 Å². The van der Waals surface area contributed by atoms with Crippen LogP contribution in [0.5, 0.6) is 17.2 Å². The number of phenolic OH excluding ortho intramolecular Hbond substituents is 2. The molecule has 2 rings (SSSR count). The number of phenols is 2. The molecule has 0 amide bonds. The summed E-state index contributed by atoms with van der Waals surface area (Å²) in [5.74, 6) is -0.229. The van der Waals surface area contributed by atoms with Gasteiger partial charge in [0.15, 0.2) is 0 Å². The zero-order valence-corrected chi connectivity index (χ0v) is 13.5. The van der Waals surface area contributed by atoms with Crippen molar-refractivity contribution in [3.63, 3.8) is 0 Å². The highest BCUT2D eigenvalue weighted by atomic mass is 31.2. The smallest absolute Gasteiger partial charge is 0.508 e. The SMILES string of the molecule is CCCC(c1ccc(O)cc1)c1ccc(O)cc1OP(=O)(O)O. The van der Waals surface area contributed by atoms with Crippen LogP contribution in [0.15, 0.2) is 42.5 Å². The molecule has 2 aromatic carbocycles. The van der Waals surface area contributed by atoms with Crippen molar-refractivity contribution < 1.29 is 29.1 Å². The molecule has 1 atom stereocenters. The Bertz CT molecular complexity index is 707. The van der Waals surface area contributed by atoms with E-state index in [1.54, 1.807) is 30.3 Å². The van der Waals surface area contributed by atoms with Gasteiger partial charge in [-0.2, -0.15) is 0 Å². The molecular weight excluding hydrogens is 319 g/mol. The lowest BCUT2D eigenvalue weighted by atomic mass is 9.87. The average molecular weight is 338 g/mol. The van der Waals surface area contributed by atoms with Crippen molar-refractivity contribution in [2.24, 2.45) is 0 Å². The quantitative estimate of drug-likeness (QED) is 0.601. The number of phosphoric ester groups is 1. The van der Waals surface area contributed by atoms with Crippen LogP contribution >= 0.6 is 7.82 Å². The Morgan fingerprint density at radius 3 is 2.22 bits per heavy atom. The maximum Gasteiger partial charge on any atom is 0.524 e. The van der Waals surface area contributed by atoms with Gasteiger partial charge in [-0.3, -0.25) is 9.79 Å². The molecule has 0 spiro atoms. The van der Waals surface area contributed by atoms with Crippen LogP contribution in [0.3, 0.4) is 0 Å². The second-order valence-electron chi connectivity index (χ2n) is 5.24. The molecule has 0 fully saturated rings. The summed E-state index contributed by atoms with van der Waals surface area (Å²) in [6.07, 6.45) is 1.55. The number of aromatic hydroxyl groups is 2. The van der Waals surface area contributed by atoms with Gasteiger partial charge in [0, 0.05) is 17.5 Å². The van der Waals surface area contributed by atoms with E-state index in [2.05, 4.69) is 0 Å². The van der Waals surface area contributed by atoms with Gasteiger partial charge in [0.2, 0.25) is 0 Å². The van der Waals surface area contributed by atoms with Crippen molar-refractivity contribution in [2.75, 3.05) is 0 Å². The highest BCUT2D eigenvalue weighted by Gasteiger charge is 2.23. The topological polar surface area (TPSA) is 107 Å². The molecule has 0 heterocycles. The van der Waals surface area contributed by atoms with E-state index in [0.717, 1.165) is 12.0 Å². The molecule has 2 aromatic rings. The third-order valence-electron chi connectivity index (χ3n) is 3.46. The van der Waals surface area contributed by atoms with Gasteiger partial charge >= 0.3 is 7.82 Å². The van der Waals surface area contributed by atoms with E-state index in [0.29, 0.717) is 12.0 Å². The molecule has 0 aliphatic heterocycles. The summed E-state index contributed by atoms with van der Waals surface area (Å²) in [5.41, 5.74) is 1.45. The molecule has 0 radical (unpaired) electrons. The van der Waals surface area contributed by atoms with Gasteiger partial charge in [0.25, 0.3) is 0 Å². The van der Waals surface area contributed by atoms with Crippen LogP contribution in [-0.2, 0) is 4.57 Å². The minimum absolute atomic E-state index is 0.0511. The van der Waals surface area contributed by atoms with Gasteiger partial charge in [-0.1, -0.05) is 31.5 Å². The van der Waals surface area contributed by atoms with Gasteiger partial charge in [0.1, 0.15) is 17.2 Å². The average Bonchev–Trinajstić information content (AvgIpc) is 2.45. The molecule has 4 N–H and O–H groups in total. The number of rotatable bonds is 6. The highest BCUT2D eigenvalue weighted by Crippen LogP contribution is 2.44. The predicted molar refractivity (Wildman–Crippen MR) is 85.6 cm³/mol. The zero-order chi connectivity index (χ0) is 17.0. The third-order valence-corrected chi connectivity index (χ3v) is 3.90. The van der Waals surface area contributed by atoms with Gasteiger partial charge in [0.05, 0.1) is 0 Å². The molecule has 0 saturated carbocycles. The number of benzene rings is 2. The number of hydrogen-bond donors (Lipinski definition) is 4. The van der Waals surface area contributed by atoms with Crippen molar-refractivity contribution in [1.29, 1.82) is 0 Å². The lowest BCUT2D eigenvalue weighted by Crippen LogP contribution is -2.04. The van der Waals surface area contributed by atoms with Crippen LogP contribution in [-0.4, -0.2) is 20.0 Å². The van der Waals surface area contributed by atoms with Crippen molar-refractivity contribution in [3.05, 3.63) is 53.6 Å². The molecule has 0 aromatic heterocycles. The maximum atomic E-state index is 11.2. The Morgan fingerprint density at radius 1 is 1.04 bits per heavy atom. The van der Waals surface area contributed by atoms with E-state index in [9.17, 15) is 14.8 Å². The Balaban J connectivity index is 2.50. The molecule has 124 valence electrons. The van der Waals surface area contributed by atoms with Crippen molar-refractivity contribution in [3.8, 4) is 17.2 Å². The third kappa shape index (κ3) is 4.73. The molecule has 0 bridgehead atoms. The Kier molecular flexibility index (Phi) is 5.31. The molecule has 0 aliphatic rings. The minimum atomic E-state index is -4.74. The summed E-state index contributed by atoms with van der Waals surface area (Å²) in [7, 11) is -4.74. The highest BCUT2D eigenvalue weighted by molar-refractivity contribution is 7.46.